The summed E-state index contributed by atoms with van der Waals surface area (Å²) in [7, 11) is 0. The minimum absolute atomic E-state index is 0.0876. The first kappa shape index (κ1) is 24.3. The summed E-state index contributed by atoms with van der Waals surface area (Å²) in [4.78, 5) is 31.2. The Morgan fingerprint density at radius 1 is 1.11 bits per heavy atom. The van der Waals surface area contributed by atoms with Crippen LogP contribution in [0.25, 0.3) is 11.3 Å². The Labute approximate surface area is 202 Å². The fourth-order valence-electron chi connectivity index (χ4n) is 4.01. The summed E-state index contributed by atoms with van der Waals surface area (Å²) in [6.07, 6.45) is 0.710. The fraction of sp³-hybridized carbons (Fsp3) is 0.320. The lowest BCUT2D eigenvalue weighted by molar-refractivity contribution is -0.136. The molecule has 4 N–H and O–H groups in total. The fourth-order valence-corrected chi connectivity index (χ4v) is 4.01. The number of nitrogens with two attached hydrogens (primary N) is 1. The average Bonchev–Trinajstić information content (AvgIpc) is 3.21. The molecule has 2 aromatic carbocycles. The number of benzene rings is 2. The summed E-state index contributed by atoms with van der Waals surface area (Å²) in [5.74, 6) is -0.129. The van der Waals surface area contributed by atoms with Crippen LogP contribution in [0.2, 0.25) is 0 Å². The number of amides is 2. The van der Waals surface area contributed by atoms with E-state index in [1.54, 1.807) is 29.2 Å². The van der Waals surface area contributed by atoms with E-state index in [1.807, 2.05) is 11.5 Å². The second kappa shape index (κ2) is 10.6. The summed E-state index contributed by atoms with van der Waals surface area (Å²) in [5, 5.41) is 6.00. The highest BCUT2D eigenvalue weighted by Gasteiger charge is 2.30. The molecule has 184 valence electrons. The van der Waals surface area contributed by atoms with Crippen molar-refractivity contribution in [3.63, 3.8) is 0 Å². The van der Waals surface area contributed by atoms with Gasteiger partial charge in [0, 0.05) is 30.9 Å². The number of carbonyl (C=O) groups excluding carboxylic acids is 2. The van der Waals surface area contributed by atoms with E-state index < -0.39 is 11.9 Å². The van der Waals surface area contributed by atoms with E-state index in [0.717, 1.165) is 6.42 Å². The quantitative estimate of drug-likeness (QED) is 0.458. The zero-order chi connectivity index (χ0) is 24.9. The molecule has 1 aromatic heterocycles. The van der Waals surface area contributed by atoms with Crippen molar-refractivity contribution >= 4 is 23.3 Å². The first-order valence-electron chi connectivity index (χ1n) is 11.5. The van der Waals surface area contributed by atoms with Crippen molar-refractivity contribution in [2.45, 2.75) is 38.9 Å². The van der Waals surface area contributed by atoms with Crippen molar-refractivity contribution in [1.82, 2.24) is 19.8 Å². The van der Waals surface area contributed by atoms with Gasteiger partial charge in [0.25, 0.3) is 0 Å². The smallest absolute Gasteiger partial charge is 0.240 e. The highest BCUT2D eigenvalue weighted by molar-refractivity contribution is 5.88. The van der Waals surface area contributed by atoms with Gasteiger partial charge in [-0.05, 0) is 42.8 Å². The number of fused-ring (bicyclic) bond motifs is 1. The maximum atomic E-state index is 14.0. The van der Waals surface area contributed by atoms with E-state index in [1.165, 1.54) is 24.3 Å². The third-order valence-electron chi connectivity index (χ3n) is 5.78. The maximum Gasteiger partial charge on any atom is 0.240 e. The molecule has 1 atom stereocenters. The number of carbonyl (C=O) groups is 2. The number of nitrogens with zero attached hydrogens (tertiary/aromatic N) is 3. The van der Waals surface area contributed by atoms with Crippen molar-refractivity contribution < 1.29 is 18.4 Å². The first-order valence-corrected chi connectivity index (χ1v) is 11.5. The number of hydrogen-bond acceptors (Lipinski definition) is 5. The minimum Gasteiger partial charge on any atom is -0.356 e. The lowest BCUT2D eigenvalue weighted by Gasteiger charge is -2.30. The van der Waals surface area contributed by atoms with Crippen LogP contribution in [0.3, 0.4) is 0 Å². The summed E-state index contributed by atoms with van der Waals surface area (Å²) < 4.78 is 29.3. The van der Waals surface area contributed by atoms with E-state index in [0.29, 0.717) is 48.2 Å². The van der Waals surface area contributed by atoms with Crippen LogP contribution >= 0.6 is 0 Å². The molecule has 0 saturated carbocycles. The van der Waals surface area contributed by atoms with Gasteiger partial charge in [-0.15, -0.1) is 0 Å². The molecule has 0 spiro atoms. The Kier molecular flexibility index (Phi) is 7.40. The lowest BCUT2D eigenvalue weighted by atomic mass is 10.1. The molecular weight excluding hydrogens is 454 g/mol. The molecule has 2 amide bonds. The average molecular weight is 483 g/mol. The van der Waals surface area contributed by atoms with Crippen molar-refractivity contribution in [2.24, 2.45) is 5.73 Å². The number of hydrogen-bond donors (Lipinski definition) is 3. The van der Waals surface area contributed by atoms with E-state index >= 15 is 0 Å². The van der Waals surface area contributed by atoms with E-state index in [9.17, 15) is 18.4 Å². The van der Waals surface area contributed by atoms with Gasteiger partial charge in [-0.3, -0.25) is 9.59 Å². The topological polar surface area (TPSA) is 105 Å². The first-order chi connectivity index (χ1) is 16.9. The third kappa shape index (κ3) is 5.65. The van der Waals surface area contributed by atoms with Crippen molar-refractivity contribution in [3.05, 3.63) is 66.0 Å². The van der Waals surface area contributed by atoms with Crippen LogP contribution in [0, 0.1) is 11.6 Å². The van der Waals surface area contributed by atoms with Gasteiger partial charge < -0.3 is 25.8 Å². The van der Waals surface area contributed by atoms with Gasteiger partial charge in [0.1, 0.15) is 29.0 Å². The zero-order valence-electron chi connectivity index (χ0n) is 19.4. The molecule has 1 aliphatic rings. The van der Waals surface area contributed by atoms with Gasteiger partial charge in [-0.2, -0.15) is 0 Å². The molecule has 0 bridgehead atoms. The van der Waals surface area contributed by atoms with Gasteiger partial charge in [0.15, 0.2) is 0 Å². The molecule has 0 fully saturated rings. The van der Waals surface area contributed by atoms with Crippen LogP contribution in [-0.2, 0) is 22.7 Å². The molecule has 0 radical (unpaired) electrons. The summed E-state index contributed by atoms with van der Waals surface area (Å²) >= 11 is 0. The number of halogens is 2. The molecule has 10 heteroatoms. The molecule has 1 aliphatic heterocycles. The predicted octanol–water partition coefficient (Wildman–Crippen LogP) is 3.16. The van der Waals surface area contributed by atoms with Crippen molar-refractivity contribution in [1.29, 1.82) is 0 Å². The number of anilines is 2. The monoisotopic (exact) mass is 482 g/mol. The van der Waals surface area contributed by atoms with Gasteiger partial charge in [0.2, 0.25) is 11.8 Å². The Morgan fingerprint density at radius 3 is 2.60 bits per heavy atom. The molecule has 4 rings (SSSR count). The molecule has 8 nitrogen and oxygen atoms in total. The van der Waals surface area contributed by atoms with Crippen LogP contribution < -0.4 is 16.4 Å². The minimum atomic E-state index is -0.951. The number of nitrogens with one attached hydrogen (secondary N) is 2. The third-order valence-corrected chi connectivity index (χ3v) is 5.78. The molecule has 3 aromatic rings. The van der Waals surface area contributed by atoms with Crippen LogP contribution in [-0.4, -0.2) is 45.4 Å². The number of imidazole rings is 1. The van der Waals surface area contributed by atoms with Gasteiger partial charge in [0.05, 0.1) is 19.0 Å². The van der Waals surface area contributed by atoms with Crippen LogP contribution in [0.15, 0.2) is 48.5 Å². The van der Waals surface area contributed by atoms with Gasteiger partial charge >= 0.3 is 0 Å². The number of aromatic nitrogens is 2. The van der Waals surface area contributed by atoms with Gasteiger partial charge in [-0.1, -0.05) is 19.1 Å². The van der Waals surface area contributed by atoms with Crippen molar-refractivity contribution in [2.75, 3.05) is 18.4 Å². The van der Waals surface area contributed by atoms with Crippen molar-refractivity contribution in [3.8, 4) is 11.3 Å². The Hall–Kier alpha value is -3.79. The summed E-state index contributed by atoms with van der Waals surface area (Å²) in [6.45, 7) is 3.46. The SMILES string of the molecule is CCCNC(=O)C[C@H](N)C(=O)N1CCn2c(nc(-c3cccc(F)c3)c2Nc2ccc(F)cc2)C1. The van der Waals surface area contributed by atoms with E-state index in [-0.39, 0.29) is 30.6 Å². The Bertz CT molecular complexity index is 1210. The molecule has 0 unspecified atom stereocenters. The molecule has 0 saturated heterocycles. The number of rotatable bonds is 8. The summed E-state index contributed by atoms with van der Waals surface area (Å²) in [6, 6.07) is 11.0. The lowest BCUT2D eigenvalue weighted by Crippen LogP contribution is -2.48. The van der Waals surface area contributed by atoms with E-state index in [4.69, 9.17) is 10.7 Å². The normalized spacial score (nSPS) is 13.8. The standard InChI is InChI=1S/C25H28F2N6O2/c1-2-10-29-22(34)14-20(28)25(35)32-11-12-33-21(15-32)31-23(16-4-3-5-18(27)13-16)24(33)30-19-8-6-17(26)7-9-19/h3-9,13,20,30H,2,10-12,14-15,28H2,1H3,(H,29,34)/t20-/m0/s1. The second-order valence-electron chi connectivity index (χ2n) is 8.44. The van der Waals surface area contributed by atoms with Gasteiger partial charge in [-0.25, -0.2) is 13.8 Å². The molecule has 0 aliphatic carbocycles. The molecular formula is C25H28F2N6O2. The molecule has 35 heavy (non-hydrogen) atoms. The maximum absolute atomic E-state index is 14.0. The van der Waals surface area contributed by atoms with Crippen LogP contribution in [0.4, 0.5) is 20.3 Å². The predicted molar refractivity (Wildman–Crippen MR) is 129 cm³/mol. The zero-order valence-corrected chi connectivity index (χ0v) is 19.4. The Morgan fingerprint density at radius 2 is 1.89 bits per heavy atom. The Balaban J connectivity index is 1.59. The molecule has 2 heterocycles. The highest BCUT2D eigenvalue weighted by atomic mass is 19.1. The largest absolute Gasteiger partial charge is 0.356 e. The van der Waals surface area contributed by atoms with Crippen LogP contribution in [0.5, 0.6) is 0 Å². The highest BCUT2D eigenvalue weighted by Crippen LogP contribution is 2.33. The summed E-state index contributed by atoms with van der Waals surface area (Å²) in [5.41, 5.74) is 7.76. The second-order valence-corrected chi connectivity index (χ2v) is 8.44. The van der Waals surface area contributed by atoms with Crippen LogP contribution in [0.1, 0.15) is 25.6 Å². The van der Waals surface area contributed by atoms with E-state index in [2.05, 4.69) is 10.6 Å².